The molecule has 0 saturated carbocycles. The number of likely N-dealkylation sites (tertiary alicyclic amines) is 1. The van der Waals surface area contributed by atoms with Crippen molar-refractivity contribution >= 4 is 29.8 Å². The van der Waals surface area contributed by atoms with Crippen LogP contribution in [0, 0.1) is 5.92 Å². The van der Waals surface area contributed by atoms with E-state index in [2.05, 4.69) is 0 Å². The third-order valence-corrected chi connectivity index (χ3v) is 6.01. The van der Waals surface area contributed by atoms with Crippen LogP contribution in [0.3, 0.4) is 0 Å². The molecule has 2 aliphatic heterocycles. The molecule has 7 nitrogen and oxygen atoms in total. The Bertz CT molecular complexity index is 1040. The highest BCUT2D eigenvalue weighted by atomic mass is 16.5. The fourth-order valence-corrected chi connectivity index (χ4v) is 4.13. The van der Waals surface area contributed by atoms with E-state index < -0.39 is 0 Å². The van der Waals surface area contributed by atoms with Crippen LogP contribution in [0.2, 0.25) is 0 Å². The van der Waals surface area contributed by atoms with Crippen molar-refractivity contribution in [1.29, 1.82) is 0 Å². The fourth-order valence-electron chi connectivity index (χ4n) is 4.13. The second-order valence-corrected chi connectivity index (χ2v) is 8.17. The summed E-state index contributed by atoms with van der Waals surface area (Å²) >= 11 is 0. The van der Waals surface area contributed by atoms with E-state index in [-0.39, 0.29) is 42.8 Å². The zero-order valence-electron chi connectivity index (χ0n) is 18.3. The van der Waals surface area contributed by atoms with Gasteiger partial charge in [-0.2, -0.15) is 0 Å². The monoisotopic (exact) mass is 446 g/mol. The van der Waals surface area contributed by atoms with Gasteiger partial charge in [0.2, 0.25) is 5.91 Å². The molecule has 0 N–H and O–H groups in total. The number of imide groups is 1. The summed E-state index contributed by atoms with van der Waals surface area (Å²) in [4.78, 5) is 52.4. The standard InChI is InChI=1S/C26H26N2O5/c29-23(12-11-19-7-2-1-3-8-19)27-16-13-20(14-17-27)26(32)33-18-6-15-28-24(30)21-9-4-5-10-22(21)25(28)31/h1-5,7-12,20H,6,13-18H2/b12-11+. The van der Waals surface area contributed by atoms with Gasteiger partial charge in [0.15, 0.2) is 0 Å². The maximum atomic E-state index is 12.4. The Balaban J connectivity index is 1.17. The van der Waals surface area contributed by atoms with Crippen LogP contribution in [-0.2, 0) is 14.3 Å². The van der Waals surface area contributed by atoms with Gasteiger partial charge in [0.05, 0.1) is 23.7 Å². The minimum Gasteiger partial charge on any atom is -0.465 e. The molecule has 2 aromatic carbocycles. The number of fused-ring (bicyclic) bond motifs is 1. The van der Waals surface area contributed by atoms with Crippen molar-refractivity contribution in [3.63, 3.8) is 0 Å². The second kappa shape index (κ2) is 10.3. The minimum absolute atomic E-state index is 0.0633. The Hall–Kier alpha value is -3.74. The van der Waals surface area contributed by atoms with Crippen molar-refractivity contribution < 1.29 is 23.9 Å². The van der Waals surface area contributed by atoms with E-state index >= 15 is 0 Å². The number of piperidine rings is 1. The molecular weight excluding hydrogens is 420 g/mol. The quantitative estimate of drug-likeness (QED) is 0.282. The first-order chi connectivity index (χ1) is 16.0. The zero-order chi connectivity index (χ0) is 23.2. The lowest BCUT2D eigenvalue weighted by atomic mass is 9.97. The smallest absolute Gasteiger partial charge is 0.309 e. The zero-order valence-corrected chi connectivity index (χ0v) is 18.3. The van der Waals surface area contributed by atoms with Crippen molar-refractivity contribution in [2.45, 2.75) is 19.3 Å². The van der Waals surface area contributed by atoms with Crippen LogP contribution in [0.4, 0.5) is 0 Å². The summed E-state index contributed by atoms with van der Waals surface area (Å²) < 4.78 is 5.38. The van der Waals surface area contributed by atoms with Crippen LogP contribution in [0.5, 0.6) is 0 Å². The molecule has 170 valence electrons. The molecule has 1 saturated heterocycles. The number of carbonyl (C=O) groups is 4. The number of esters is 1. The summed E-state index contributed by atoms with van der Waals surface area (Å²) in [5.41, 5.74) is 1.80. The predicted octanol–water partition coefficient (Wildman–Crippen LogP) is 3.17. The Morgan fingerprint density at radius 2 is 1.52 bits per heavy atom. The van der Waals surface area contributed by atoms with Gasteiger partial charge in [0.1, 0.15) is 0 Å². The first kappa shape index (κ1) is 22.5. The van der Waals surface area contributed by atoms with Crippen LogP contribution in [0.1, 0.15) is 45.5 Å². The molecule has 0 unspecified atom stereocenters. The van der Waals surface area contributed by atoms with Crippen molar-refractivity contribution in [3.05, 3.63) is 77.4 Å². The highest BCUT2D eigenvalue weighted by Gasteiger charge is 2.34. The third kappa shape index (κ3) is 5.19. The average Bonchev–Trinajstić information content (AvgIpc) is 3.10. The molecule has 0 aliphatic carbocycles. The summed E-state index contributed by atoms with van der Waals surface area (Å²) in [6.45, 7) is 1.37. The van der Waals surface area contributed by atoms with Crippen molar-refractivity contribution in [2.24, 2.45) is 5.92 Å². The van der Waals surface area contributed by atoms with Gasteiger partial charge in [-0.25, -0.2) is 0 Å². The van der Waals surface area contributed by atoms with Crippen molar-refractivity contribution in [3.8, 4) is 0 Å². The molecule has 2 heterocycles. The lowest BCUT2D eigenvalue weighted by Gasteiger charge is -2.30. The number of hydrogen-bond donors (Lipinski definition) is 0. The summed E-state index contributed by atoms with van der Waals surface area (Å²) in [5.74, 6) is -1.21. The normalized spacial score (nSPS) is 16.4. The molecule has 4 rings (SSSR count). The minimum atomic E-state index is -0.305. The summed E-state index contributed by atoms with van der Waals surface area (Å²) in [6, 6.07) is 16.4. The molecule has 0 bridgehead atoms. The Labute approximate surface area is 192 Å². The summed E-state index contributed by atoms with van der Waals surface area (Å²) in [6.07, 6.45) is 4.85. The van der Waals surface area contributed by atoms with Gasteiger partial charge in [-0.1, -0.05) is 42.5 Å². The molecule has 2 aromatic rings. The molecule has 0 aromatic heterocycles. The van der Waals surface area contributed by atoms with E-state index in [1.54, 1.807) is 41.3 Å². The topological polar surface area (TPSA) is 84.0 Å². The maximum absolute atomic E-state index is 12.4. The van der Waals surface area contributed by atoms with Gasteiger partial charge in [-0.05, 0) is 43.0 Å². The van der Waals surface area contributed by atoms with E-state index in [0.29, 0.717) is 43.5 Å². The van der Waals surface area contributed by atoms with Crippen LogP contribution >= 0.6 is 0 Å². The lowest BCUT2D eigenvalue weighted by Crippen LogP contribution is -2.40. The molecule has 33 heavy (non-hydrogen) atoms. The Morgan fingerprint density at radius 3 is 2.15 bits per heavy atom. The average molecular weight is 447 g/mol. The van der Waals surface area contributed by atoms with Crippen LogP contribution in [-0.4, -0.2) is 59.7 Å². The van der Waals surface area contributed by atoms with Crippen LogP contribution in [0.25, 0.3) is 6.08 Å². The number of rotatable bonds is 7. The number of nitrogens with zero attached hydrogens (tertiary/aromatic N) is 2. The maximum Gasteiger partial charge on any atom is 0.309 e. The summed E-state index contributed by atoms with van der Waals surface area (Å²) in [7, 11) is 0. The van der Waals surface area contributed by atoms with Crippen molar-refractivity contribution in [1.82, 2.24) is 9.80 Å². The Morgan fingerprint density at radius 1 is 0.909 bits per heavy atom. The third-order valence-electron chi connectivity index (χ3n) is 6.01. The number of carbonyl (C=O) groups excluding carboxylic acids is 4. The molecule has 2 aliphatic rings. The molecule has 0 radical (unpaired) electrons. The van der Waals surface area contributed by atoms with E-state index in [4.69, 9.17) is 4.74 Å². The number of ether oxygens (including phenoxy) is 1. The number of amides is 3. The molecular formula is C26H26N2O5. The van der Waals surface area contributed by atoms with E-state index in [9.17, 15) is 19.2 Å². The van der Waals surface area contributed by atoms with Gasteiger partial charge < -0.3 is 9.64 Å². The first-order valence-electron chi connectivity index (χ1n) is 11.2. The number of benzene rings is 2. The van der Waals surface area contributed by atoms with Crippen LogP contribution in [0.15, 0.2) is 60.7 Å². The molecule has 0 spiro atoms. The number of hydrogen-bond acceptors (Lipinski definition) is 5. The van der Waals surface area contributed by atoms with Gasteiger partial charge in [0, 0.05) is 25.7 Å². The van der Waals surface area contributed by atoms with E-state index in [1.807, 2.05) is 30.3 Å². The highest BCUT2D eigenvalue weighted by molar-refractivity contribution is 6.21. The largest absolute Gasteiger partial charge is 0.465 e. The van der Waals surface area contributed by atoms with E-state index in [0.717, 1.165) is 5.56 Å². The predicted molar refractivity (Wildman–Crippen MR) is 122 cm³/mol. The SMILES string of the molecule is O=C(OCCCN1C(=O)c2ccccc2C1=O)C1CCN(C(=O)/C=C/c2ccccc2)CC1. The van der Waals surface area contributed by atoms with Gasteiger partial charge >= 0.3 is 5.97 Å². The molecule has 0 atom stereocenters. The van der Waals surface area contributed by atoms with Gasteiger partial charge in [0.25, 0.3) is 11.8 Å². The Kier molecular flexibility index (Phi) is 6.98. The van der Waals surface area contributed by atoms with E-state index in [1.165, 1.54) is 4.90 Å². The fraction of sp³-hybridized carbons (Fsp3) is 0.308. The molecule has 7 heteroatoms. The van der Waals surface area contributed by atoms with Gasteiger partial charge in [-0.15, -0.1) is 0 Å². The second-order valence-electron chi connectivity index (χ2n) is 8.17. The molecule has 3 amide bonds. The van der Waals surface area contributed by atoms with Crippen molar-refractivity contribution in [2.75, 3.05) is 26.2 Å². The van der Waals surface area contributed by atoms with Crippen LogP contribution < -0.4 is 0 Å². The highest BCUT2D eigenvalue weighted by Crippen LogP contribution is 2.23. The molecule has 1 fully saturated rings. The lowest BCUT2D eigenvalue weighted by molar-refractivity contribution is -0.151. The summed E-state index contributed by atoms with van der Waals surface area (Å²) in [5, 5.41) is 0. The first-order valence-corrected chi connectivity index (χ1v) is 11.2. The van der Waals surface area contributed by atoms with Gasteiger partial charge in [-0.3, -0.25) is 24.1 Å².